The largest absolute Gasteiger partial charge is 0.132 e. The van der Waals surface area contributed by atoms with Crippen molar-refractivity contribution in [3.63, 3.8) is 0 Å². The van der Waals surface area contributed by atoms with Crippen molar-refractivity contribution in [1.82, 2.24) is 0 Å². The lowest BCUT2D eigenvalue weighted by molar-refractivity contribution is 1.24. The molecule has 21 heavy (non-hydrogen) atoms. The van der Waals surface area contributed by atoms with Crippen LogP contribution in [-0.2, 0) is 6.42 Å². The number of hydrogen-bond acceptors (Lipinski definition) is 2. The number of benzene rings is 1. The van der Waals surface area contributed by atoms with Crippen LogP contribution < -0.4 is 0 Å². The molecular formula is C15H10BrCl3S2. The smallest absolute Gasteiger partial charge is 0.0931 e. The van der Waals surface area contributed by atoms with E-state index in [0.717, 1.165) is 30.2 Å². The highest BCUT2D eigenvalue weighted by Crippen LogP contribution is 2.28. The molecule has 0 saturated carbocycles. The summed E-state index contributed by atoms with van der Waals surface area (Å²) < 4.78 is 2.72. The molecule has 3 aromatic rings. The van der Waals surface area contributed by atoms with Gasteiger partial charge < -0.3 is 0 Å². The van der Waals surface area contributed by atoms with E-state index in [1.807, 2.05) is 47.8 Å². The molecule has 2 aromatic heterocycles. The van der Waals surface area contributed by atoms with Crippen molar-refractivity contribution in [2.24, 2.45) is 0 Å². The van der Waals surface area contributed by atoms with Crippen LogP contribution in [0.15, 0.2) is 52.3 Å². The van der Waals surface area contributed by atoms with Crippen LogP contribution in [-0.4, -0.2) is 0 Å². The molecule has 0 unspecified atom stereocenters. The topological polar surface area (TPSA) is 0 Å². The SMILES string of the molecule is Clc1ccc(Cc2cc(Br)ccc2Cl)s1.Clc1cccs1. The van der Waals surface area contributed by atoms with Crippen LogP contribution in [0.25, 0.3) is 0 Å². The minimum atomic E-state index is 0.794. The zero-order chi connectivity index (χ0) is 15.2. The summed E-state index contributed by atoms with van der Waals surface area (Å²) in [4.78, 5) is 1.22. The predicted octanol–water partition coefficient (Wildman–Crippen LogP) is 7.81. The van der Waals surface area contributed by atoms with Crippen molar-refractivity contribution < 1.29 is 0 Å². The maximum atomic E-state index is 6.10. The fraction of sp³-hybridized carbons (Fsp3) is 0.0667. The summed E-state index contributed by atoms with van der Waals surface area (Å²) in [5.74, 6) is 0. The van der Waals surface area contributed by atoms with Gasteiger partial charge in [0.2, 0.25) is 0 Å². The van der Waals surface area contributed by atoms with Crippen LogP contribution in [0.3, 0.4) is 0 Å². The van der Waals surface area contributed by atoms with E-state index in [0.29, 0.717) is 0 Å². The van der Waals surface area contributed by atoms with E-state index in [1.54, 1.807) is 22.7 Å². The van der Waals surface area contributed by atoms with Crippen LogP contribution in [0.5, 0.6) is 0 Å². The van der Waals surface area contributed by atoms with E-state index < -0.39 is 0 Å². The third kappa shape index (κ3) is 5.93. The van der Waals surface area contributed by atoms with Crippen LogP contribution in [0.4, 0.5) is 0 Å². The minimum absolute atomic E-state index is 0.794. The molecule has 0 aliphatic carbocycles. The first kappa shape index (κ1) is 17.3. The molecule has 110 valence electrons. The number of hydrogen-bond donors (Lipinski definition) is 0. The van der Waals surface area contributed by atoms with Crippen LogP contribution in [0.1, 0.15) is 10.4 Å². The lowest BCUT2D eigenvalue weighted by Crippen LogP contribution is -1.86. The molecule has 0 aliphatic heterocycles. The van der Waals surface area contributed by atoms with E-state index in [1.165, 1.54) is 4.88 Å². The molecule has 6 heteroatoms. The van der Waals surface area contributed by atoms with Gasteiger partial charge in [-0.05, 0) is 53.4 Å². The van der Waals surface area contributed by atoms with Crippen molar-refractivity contribution in [2.45, 2.75) is 6.42 Å². The fourth-order valence-corrected chi connectivity index (χ4v) is 3.95. The van der Waals surface area contributed by atoms with Gasteiger partial charge >= 0.3 is 0 Å². The Balaban J connectivity index is 0.000000225. The molecule has 0 atom stereocenters. The van der Waals surface area contributed by atoms with E-state index in [9.17, 15) is 0 Å². The van der Waals surface area contributed by atoms with Gasteiger partial charge in [0, 0.05) is 20.8 Å². The van der Waals surface area contributed by atoms with Crippen LogP contribution in [0, 0.1) is 0 Å². The number of thiophene rings is 2. The maximum absolute atomic E-state index is 6.10. The first-order valence-electron chi connectivity index (χ1n) is 5.92. The Morgan fingerprint density at radius 3 is 2.29 bits per heavy atom. The zero-order valence-electron chi connectivity index (χ0n) is 10.7. The molecule has 0 aliphatic rings. The molecule has 2 heterocycles. The van der Waals surface area contributed by atoms with E-state index in [-0.39, 0.29) is 0 Å². The van der Waals surface area contributed by atoms with E-state index >= 15 is 0 Å². The summed E-state index contributed by atoms with van der Waals surface area (Å²) >= 11 is 24.0. The summed E-state index contributed by atoms with van der Waals surface area (Å²) in [5, 5.41) is 2.74. The van der Waals surface area contributed by atoms with Crippen molar-refractivity contribution in [1.29, 1.82) is 0 Å². The summed E-state index contributed by atoms with van der Waals surface area (Å²) in [6, 6.07) is 13.6. The average molecular weight is 441 g/mol. The molecule has 3 rings (SSSR count). The highest BCUT2D eigenvalue weighted by Gasteiger charge is 2.04. The van der Waals surface area contributed by atoms with Gasteiger partial charge in [0.15, 0.2) is 0 Å². The van der Waals surface area contributed by atoms with Crippen molar-refractivity contribution in [3.05, 3.63) is 76.5 Å². The van der Waals surface area contributed by atoms with Crippen LogP contribution >= 0.6 is 73.4 Å². The highest BCUT2D eigenvalue weighted by molar-refractivity contribution is 9.10. The third-order valence-electron chi connectivity index (χ3n) is 2.49. The Morgan fingerprint density at radius 2 is 1.76 bits per heavy atom. The van der Waals surface area contributed by atoms with Gasteiger partial charge in [-0.3, -0.25) is 0 Å². The lowest BCUT2D eigenvalue weighted by Gasteiger charge is -2.02. The van der Waals surface area contributed by atoms with E-state index in [2.05, 4.69) is 15.9 Å². The van der Waals surface area contributed by atoms with Gasteiger partial charge in [0.05, 0.1) is 8.67 Å². The second-order valence-electron chi connectivity index (χ2n) is 4.04. The third-order valence-corrected chi connectivity index (χ3v) is 5.63. The standard InChI is InChI=1S/C11H7BrCl2S.C4H3ClS/c12-8-1-3-10(13)7(5-8)6-9-2-4-11(14)15-9;5-4-2-1-3-6-4/h1-5H,6H2;1-3H. The first-order chi connectivity index (χ1) is 10.0. The Bertz CT molecular complexity index is 693. The van der Waals surface area contributed by atoms with Gasteiger partial charge in [-0.25, -0.2) is 0 Å². The molecule has 0 fully saturated rings. The summed E-state index contributed by atoms with van der Waals surface area (Å²) in [5.41, 5.74) is 1.12. The molecule has 0 saturated heterocycles. The Kier molecular flexibility index (Phi) is 7.06. The average Bonchev–Trinajstić information content (AvgIpc) is 3.06. The van der Waals surface area contributed by atoms with Gasteiger partial charge in [-0.15, -0.1) is 22.7 Å². The molecule has 0 spiro atoms. The lowest BCUT2D eigenvalue weighted by atomic mass is 10.1. The Hall–Kier alpha value is -0.0300. The molecular weight excluding hydrogens is 431 g/mol. The van der Waals surface area contributed by atoms with Crippen molar-refractivity contribution >= 4 is 73.4 Å². The van der Waals surface area contributed by atoms with Crippen molar-refractivity contribution in [2.75, 3.05) is 0 Å². The molecule has 0 radical (unpaired) electrons. The zero-order valence-corrected chi connectivity index (χ0v) is 16.1. The van der Waals surface area contributed by atoms with Crippen molar-refractivity contribution in [3.8, 4) is 0 Å². The second-order valence-corrected chi connectivity index (χ2v) is 8.74. The monoisotopic (exact) mass is 438 g/mol. The summed E-state index contributed by atoms with van der Waals surface area (Å²) in [6.45, 7) is 0. The minimum Gasteiger partial charge on any atom is -0.132 e. The molecule has 0 bridgehead atoms. The molecule has 0 nitrogen and oxygen atoms in total. The molecule has 0 N–H and O–H groups in total. The molecule has 0 amide bonds. The summed E-state index contributed by atoms with van der Waals surface area (Å²) in [7, 11) is 0. The first-order valence-corrected chi connectivity index (χ1v) is 9.54. The van der Waals surface area contributed by atoms with Crippen LogP contribution in [0.2, 0.25) is 13.7 Å². The van der Waals surface area contributed by atoms with Gasteiger partial charge in [0.25, 0.3) is 0 Å². The maximum Gasteiger partial charge on any atom is 0.0931 e. The fourth-order valence-electron chi connectivity index (χ4n) is 1.57. The predicted molar refractivity (Wildman–Crippen MR) is 101 cm³/mol. The van der Waals surface area contributed by atoms with Gasteiger partial charge in [-0.2, -0.15) is 0 Å². The Morgan fingerprint density at radius 1 is 0.952 bits per heavy atom. The summed E-state index contributed by atoms with van der Waals surface area (Å²) in [6.07, 6.45) is 0.829. The van der Waals surface area contributed by atoms with Gasteiger partial charge in [-0.1, -0.05) is 50.7 Å². The van der Waals surface area contributed by atoms with E-state index in [4.69, 9.17) is 34.8 Å². The number of halogens is 4. The highest BCUT2D eigenvalue weighted by atomic mass is 79.9. The normalized spacial score (nSPS) is 10.1. The number of rotatable bonds is 2. The Labute approximate surface area is 155 Å². The molecule has 1 aromatic carbocycles. The quantitative estimate of drug-likeness (QED) is 0.381. The van der Waals surface area contributed by atoms with Gasteiger partial charge in [0.1, 0.15) is 0 Å². The second kappa shape index (κ2) is 8.56.